The molecule has 0 aliphatic heterocycles. The highest BCUT2D eigenvalue weighted by atomic mass is 32.2. The van der Waals surface area contributed by atoms with Crippen molar-refractivity contribution in [2.24, 2.45) is 0 Å². The summed E-state index contributed by atoms with van der Waals surface area (Å²) in [5, 5.41) is 4.11. The first-order valence-corrected chi connectivity index (χ1v) is 5.29. The molecule has 0 aromatic heterocycles. The Labute approximate surface area is 74.6 Å². The summed E-state index contributed by atoms with van der Waals surface area (Å²) in [7, 11) is 1.92. The molecule has 1 nitrogen and oxygen atoms in total. The van der Waals surface area contributed by atoms with E-state index < -0.39 is 0 Å². The zero-order valence-electron chi connectivity index (χ0n) is 7.65. The zero-order chi connectivity index (χ0) is 8.53. The molecule has 0 saturated carbocycles. The van der Waals surface area contributed by atoms with Crippen LogP contribution in [0.4, 0.5) is 0 Å². The summed E-state index contributed by atoms with van der Waals surface area (Å²) in [6.07, 6.45) is 5.37. The van der Waals surface area contributed by atoms with Gasteiger partial charge in [0.05, 0.1) is 5.03 Å². The second kappa shape index (κ2) is 7.99. The SMILES string of the molecule is C=C(NC)SCCCCCC. The quantitative estimate of drug-likeness (QED) is 0.594. The highest BCUT2D eigenvalue weighted by Crippen LogP contribution is 2.12. The molecule has 2 heteroatoms. The summed E-state index contributed by atoms with van der Waals surface area (Å²) in [6.45, 7) is 6.08. The van der Waals surface area contributed by atoms with E-state index in [1.165, 1.54) is 31.4 Å². The molecule has 0 saturated heterocycles. The minimum atomic E-state index is 1.08. The van der Waals surface area contributed by atoms with E-state index >= 15 is 0 Å². The Morgan fingerprint density at radius 3 is 2.64 bits per heavy atom. The van der Waals surface area contributed by atoms with Gasteiger partial charge in [-0.15, -0.1) is 11.8 Å². The monoisotopic (exact) mass is 173 g/mol. The van der Waals surface area contributed by atoms with E-state index in [9.17, 15) is 0 Å². The molecule has 0 aliphatic rings. The van der Waals surface area contributed by atoms with Crippen molar-refractivity contribution in [3.63, 3.8) is 0 Å². The Morgan fingerprint density at radius 1 is 1.36 bits per heavy atom. The van der Waals surface area contributed by atoms with Crippen molar-refractivity contribution in [3.05, 3.63) is 11.6 Å². The maximum absolute atomic E-state index is 3.84. The van der Waals surface area contributed by atoms with Crippen LogP contribution in [0, 0.1) is 0 Å². The maximum Gasteiger partial charge on any atom is 0.0605 e. The van der Waals surface area contributed by atoms with Gasteiger partial charge in [-0.2, -0.15) is 0 Å². The lowest BCUT2D eigenvalue weighted by Gasteiger charge is -2.02. The van der Waals surface area contributed by atoms with E-state index in [2.05, 4.69) is 18.8 Å². The van der Waals surface area contributed by atoms with Crippen LogP contribution in [0.2, 0.25) is 0 Å². The summed E-state index contributed by atoms with van der Waals surface area (Å²) in [6, 6.07) is 0. The lowest BCUT2D eigenvalue weighted by molar-refractivity contribution is 0.706. The second-order valence-electron chi connectivity index (χ2n) is 2.58. The fourth-order valence-electron chi connectivity index (χ4n) is 0.796. The van der Waals surface area contributed by atoms with Crippen molar-refractivity contribution in [3.8, 4) is 0 Å². The number of unbranched alkanes of at least 4 members (excludes halogenated alkanes) is 3. The third-order valence-corrected chi connectivity index (χ3v) is 2.60. The van der Waals surface area contributed by atoms with Crippen LogP contribution >= 0.6 is 11.8 Å². The third-order valence-electron chi connectivity index (χ3n) is 1.55. The van der Waals surface area contributed by atoms with Gasteiger partial charge in [-0.25, -0.2) is 0 Å². The van der Waals surface area contributed by atoms with Crippen LogP contribution < -0.4 is 5.32 Å². The fraction of sp³-hybridized carbons (Fsp3) is 0.778. The third kappa shape index (κ3) is 7.79. The number of nitrogens with one attached hydrogen (secondary N) is 1. The van der Waals surface area contributed by atoms with E-state index in [0.29, 0.717) is 0 Å². The molecule has 0 amide bonds. The Kier molecular flexibility index (Phi) is 7.91. The molecule has 0 radical (unpaired) electrons. The molecule has 0 aliphatic carbocycles. The molecule has 0 spiro atoms. The highest BCUT2D eigenvalue weighted by molar-refractivity contribution is 8.02. The number of rotatable bonds is 7. The van der Waals surface area contributed by atoms with Crippen LogP contribution in [-0.4, -0.2) is 12.8 Å². The molecule has 0 heterocycles. The topological polar surface area (TPSA) is 12.0 Å². The molecule has 0 bridgehead atoms. The Hall–Kier alpha value is -0.110. The lowest BCUT2D eigenvalue weighted by atomic mass is 10.2. The average molecular weight is 173 g/mol. The predicted molar refractivity (Wildman–Crippen MR) is 54.8 cm³/mol. The molecule has 0 aromatic carbocycles. The van der Waals surface area contributed by atoms with E-state index in [1.807, 2.05) is 18.8 Å². The lowest BCUT2D eigenvalue weighted by Crippen LogP contribution is -2.00. The molecule has 0 atom stereocenters. The molecule has 0 aromatic rings. The summed E-state index contributed by atoms with van der Waals surface area (Å²) in [4.78, 5) is 0. The van der Waals surface area contributed by atoms with Crippen molar-refractivity contribution in [2.75, 3.05) is 12.8 Å². The molecule has 0 fully saturated rings. The summed E-state index contributed by atoms with van der Waals surface area (Å²) in [5.41, 5.74) is 0. The molecule has 66 valence electrons. The Morgan fingerprint density at radius 2 is 2.09 bits per heavy atom. The second-order valence-corrected chi connectivity index (χ2v) is 3.77. The van der Waals surface area contributed by atoms with Gasteiger partial charge in [0.25, 0.3) is 0 Å². The van der Waals surface area contributed by atoms with E-state index in [0.717, 1.165) is 5.03 Å². The van der Waals surface area contributed by atoms with Crippen molar-refractivity contribution >= 4 is 11.8 Å². The van der Waals surface area contributed by atoms with Crippen molar-refractivity contribution in [1.29, 1.82) is 0 Å². The normalized spacial score (nSPS) is 9.64. The molecule has 11 heavy (non-hydrogen) atoms. The van der Waals surface area contributed by atoms with Crippen molar-refractivity contribution in [1.82, 2.24) is 5.32 Å². The first-order chi connectivity index (χ1) is 5.31. The minimum Gasteiger partial charge on any atom is -0.383 e. The first-order valence-electron chi connectivity index (χ1n) is 4.30. The molecular weight excluding hydrogens is 154 g/mol. The van der Waals surface area contributed by atoms with Crippen LogP contribution in [0.3, 0.4) is 0 Å². The number of hydrogen-bond donors (Lipinski definition) is 1. The Balaban J connectivity index is 2.95. The summed E-state index contributed by atoms with van der Waals surface area (Å²) in [5.74, 6) is 1.21. The van der Waals surface area contributed by atoms with Crippen LogP contribution in [-0.2, 0) is 0 Å². The van der Waals surface area contributed by atoms with Gasteiger partial charge < -0.3 is 5.32 Å². The zero-order valence-corrected chi connectivity index (χ0v) is 8.47. The summed E-state index contributed by atoms with van der Waals surface area (Å²) < 4.78 is 0. The average Bonchev–Trinajstić information content (AvgIpc) is 2.04. The standard InChI is InChI=1S/C9H19NS/c1-4-5-6-7-8-11-9(2)10-3/h10H,2,4-8H2,1,3H3. The fourth-order valence-corrected chi connectivity index (χ4v) is 1.54. The van der Waals surface area contributed by atoms with Gasteiger partial charge in [0.1, 0.15) is 0 Å². The molecule has 1 N–H and O–H groups in total. The van der Waals surface area contributed by atoms with Crippen molar-refractivity contribution < 1.29 is 0 Å². The smallest absolute Gasteiger partial charge is 0.0605 e. The highest BCUT2D eigenvalue weighted by Gasteiger charge is 1.91. The molecule has 0 rings (SSSR count). The molecular formula is C9H19NS. The maximum atomic E-state index is 3.84. The van der Waals surface area contributed by atoms with Crippen LogP contribution in [0.5, 0.6) is 0 Å². The van der Waals surface area contributed by atoms with Gasteiger partial charge in [0.2, 0.25) is 0 Å². The van der Waals surface area contributed by atoms with Gasteiger partial charge in [0, 0.05) is 7.05 Å². The van der Waals surface area contributed by atoms with E-state index in [4.69, 9.17) is 0 Å². The van der Waals surface area contributed by atoms with Gasteiger partial charge in [0.15, 0.2) is 0 Å². The van der Waals surface area contributed by atoms with Gasteiger partial charge in [-0.3, -0.25) is 0 Å². The van der Waals surface area contributed by atoms with Crippen LogP contribution in [0.15, 0.2) is 11.6 Å². The largest absolute Gasteiger partial charge is 0.383 e. The van der Waals surface area contributed by atoms with Gasteiger partial charge in [-0.05, 0) is 12.2 Å². The predicted octanol–water partition coefficient (Wildman–Crippen LogP) is 2.99. The number of thioether (sulfide) groups is 1. The number of hydrogen-bond acceptors (Lipinski definition) is 2. The van der Waals surface area contributed by atoms with E-state index in [1.54, 1.807) is 0 Å². The van der Waals surface area contributed by atoms with Crippen LogP contribution in [0.1, 0.15) is 32.6 Å². The summed E-state index contributed by atoms with van der Waals surface area (Å²) >= 11 is 1.82. The first kappa shape index (κ1) is 10.9. The van der Waals surface area contributed by atoms with Gasteiger partial charge >= 0.3 is 0 Å². The van der Waals surface area contributed by atoms with Gasteiger partial charge in [-0.1, -0.05) is 32.8 Å². The van der Waals surface area contributed by atoms with E-state index in [-0.39, 0.29) is 0 Å². The Bertz CT molecular complexity index is 102. The van der Waals surface area contributed by atoms with Crippen molar-refractivity contribution in [2.45, 2.75) is 32.6 Å². The molecule has 0 unspecified atom stereocenters. The van der Waals surface area contributed by atoms with Crippen LogP contribution in [0.25, 0.3) is 0 Å². The minimum absolute atomic E-state index is 1.08.